The second-order valence-electron chi connectivity index (χ2n) is 4.31. The number of hydrogen-bond donors (Lipinski definition) is 1. The quantitative estimate of drug-likeness (QED) is 0.912. The maximum absolute atomic E-state index is 5.24. The first-order chi connectivity index (χ1) is 9.20. The van der Waals surface area contributed by atoms with Gasteiger partial charge in [0.15, 0.2) is 0 Å². The molecule has 0 radical (unpaired) electrons. The second kappa shape index (κ2) is 6.68. The van der Waals surface area contributed by atoms with Gasteiger partial charge in [-0.25, -0.2) is 0 Å². The van der Waals surface area contributed by atoms with Gasteiger partial charge in [0.25, 0.3) is 0 Å². The third kappa shape index (κ3) is 3.78. The molecule has 0 amide bonds. The van der Waals surface area contributed by atoms with E-state index < -0.39 is 0 Å². The zero-order valence-electron chi connectivity index (χ0n) is 11.1. The molecule has 3 nitrogen and oxygen atoms in total. The minimum Gasteiger partial charge on any atom is -0.497 e. The molecule has 0 aliphatic rings. The van der Waals surface area contributed by atoms with E-state index in [1.54, 1.807) is 7.11 Å². The van der Waals surface area contributed by atoms with Crippen molar-refractivity contribution < 1.29 is 4.74 Å². The van der Waals surface area contributed by atoms with E-state index in [4.69, 9.17) is 4.74 Å². The Kier molecular flexibility index (Phi) is 4.93. The van der Waals surface area contributed by atoms with Crippen LogP contribution in [0.15, 0.2) is 47.1 Å². The molecular formula is C15H17BrN2O. The summed E-state index contributed by atoms with van der Waals surface area (Å²) in [6.07, 6.45) is 1.81. The lowest BCUT2D eigenvalue weighted by Crippen LogP contribution is -2.19. The smallest absolute Gasteiger partial charge is 0.119 e. The average molecular weight is 321 g/mol. The number of pyridine rings is 1. The minimum atomic E-state index is 0.208. The molecule has 19 heavy (non-hydrogen) atoms. The summed E-state index contributed by atoms with van der Waals surface area (Å²) >= 11 is 3.55. The van der Waals surface area contributed by atoms with Crippen molar-refractivity contribution in [1.82, 2.24) is 10.3 Å². The lowest BCUT2D eigenvalue weighted by atomic mass is 10.1. The molecule has 4 heteroatoms. The number of aromatic nitrogens is 1. The maximum Gasteiger partial charge on any atom is 0.119 e. The molecule has 1 aromatic heterocycles. The number of halogens is 1. The van der Waals surface area contributed by atoms with Gasteiger partial charge in [-0.15, -0.1) is 0 Å². The number of ether oxygens (including phenoxy) is 1. The number of nitrogens with one attached hydrogen (secondary N) is 1. The largest absolute Gasteiger partial charge is 0.497 e. The summed E-state index contributed by atoms with van der Waals surface area (Å²) in [5.74, 6) is 0.866. The summed E-state index contributed by atoms with van der Waals surface area (Å²) in [5.41, 5.74) is 2.21. The normalized spacial score (nSPS) is 12.2. The van der Waals surface area contributed by atoms with E-state index in [9.17, 15) is 0 Å². The van der Waals surface area contributed by atoms with Crippen molar-refractivity contribution in [2.75, 3.05) is 7.11 Å². The summed E-state index contributed by atoms with van der Waals surface area (Å²) in [4.78, 5) is 4.35. The number of nitrogens with zero attached hydrogens (tertiary/aromatic N) is 1. The Balaban J connectivity index is 2.02. The predicted molar refractivity (Wildman–Crippen MR) is 80.2 cm³/mol. The van der Waals surface area contributed by atoms with Crippen LogP contribution in [0.1, 0.15) is 24.2 Å². The van der Waals surface area contributed by atoms with Gasteiger partial charge in [-0.1, -0.05) is 22.0 Å². The molecular weight excluding hydrogens is 304 g/mol. The van der Waals surface area contributed by atoms with Crippen LogP contribution in [0.3, 0.4) is 0 Å². The molecule has 0 aliphatic carbocycles. The van der Waals surface area contributed by atoms with Crippen molar-refractivity contribution in [3.05, 3.63) is 58.3 Å². The van der Waals surface area contributed by atoms with E-state index in [-0.39, 0.29) is 6.04 Å². The number of rotatable bonds is 5. The Morgan fingerprint density at radius 2 is 2.16 bits per heavy atom. The molecule has 1 atom stereocenters. The molecule has 1 aromatic carbocycles. The van der Waals surface area contributed by atoms with Gasteiger partial charge in [0.2, 0.25) is 0 Å². The Hall–Kier alpha value is -1.39. The van der Waals surface area contributed by atoms with Crippen LogP contribution in [0, 0.1) is 0 Å². The Labute approximate surface area is 122 Å². The Bertz CT molecular complexity index is 531. The molecule has 2 rings (SSSR count). The van der Waals surface area contributed by atoms with Gasteiger partial charge >= 0.3 is 0 Å². The first kappa shape index (κ1) is 14.0. The molecule has 0 bridgehead atoms. The van der Waals surface area contributed by atoms with Gasteiger partial charge in [0.05, 0.1) is 12.8 Å². The Morgan fingerprint density at radius 3 is 2.84 bits per heavy atom. The van der Waals surface area contributed by atoms with E-state index >= 15 is 0 Å². The monoisotopic (exact) mass is 320 g/mol. The van der Waals surface area contributed by atoms with Crippen molar-refractivity contribution in [3.63, 3.8) is 0 Å². The Morgan fingerprint density at radius 1 is 1.32 bits per heavy atom. The third-order valence-corrected chi connectivity index (χ3v) is 3.76. The number of benzene rings is 1. The number of methoxy groups -OCH3 is 1. The van der Waals surface area contributed by atoms with Crippen molar-refractivity contribution in [2.24, 2.45) is 0 Å². The van der Waals surface area contributed by atoms with Crippen molar-refractivity contribution in [1.29, 1.82) is 0 Å². The molecule has 0 saturated carbocycles. The van der Waals surface area contributed by atoms with E-state index in [1.165, 1.54) is 5.56 Å². The maximum atomic E-state index is 5.24. The van der Waals surface area contributed by atoms with Crippen molar-refractivity contribution >= 4 is 15.9 Å². The van der Waals surface area contributed by atoms with E-state index in [0.29, 0.717) is 0 Å². The molecule has 0 saturated heterocycles. The lowest BCUT2D eigenvalue weighted by Gasteiger charge is -2.14. The molecule has 2 aromatic rings. The lowest BCUT2D eigenvalue weighted by molar-refractivity contribution is 0.413. The highest BCUT2D eigenvalue weighted by Crippen LogP contribution is 2.23. The average Bonchev–Trinajstić information content (AvgIpc) is 2.47. The van der Waals surface area contributed by atoms with Crippen LogP contribution in [0.5, 0.6) is 5.75 Å². The molecule has 100 valence electrons. The van der Waals surface area contributed by atoms with Gasteiger partial charge < -0.3 is 10.1 Å². The fourth-order valence-electron chi connectivity index (χ4n) is 1.81. The third-order valence-electron chi connectivity index (χ3n) is 2.98. The fourth-order valence-corrected chi connectivity index (χ4v) is 2.20. The summed E-state index contributed by atoms with van der Waals surface area (Å²) in [7, 11) is 1.68. The zero-order chi connectivity index (χ0) is 13.7. The topological polar surface area (TPSA) is 34.1 Å². The highest BCUT2D eigenvalue weighted by Gasteiger charge is 2.07. The van der Waals surface area contributed by atoms with Crippen molar-refractivity contribution in [3.8, 4) is 5.75 Å². The van der Waals surface area contributed by atoms with Crippen LogP contribution in [-0.4, -0.2) is 12.1 Å². The van der Waals surface area contributed by atoms with Crippen LogP contribution >= 0.6 is 15.9 Å². The fraction of sp³-hybridized carbons (Fsp3) is 0.267. The molecule has 0 unspecified atom stereocenters. The van der Waals surface area contributed by atoms with Crippen molar-refractivity contribution in [2.45, 2.75) is 19.5 Å². The molecule has 0 fully saturated rings. The summed E-state index contributed by atoms with van der Waals surface area (Å²) in [6, 6.07) is 12.1. The highest BCUT2D eigenvalue weighted by molar-refractivity contribution is 9.10. The van der Waals surface area contributed by atoms with Gasteiger partial charge in [0, 0.05) is 23.3 Å². The highest BCUT2D eigenvalue weighted by atomic mass is 79.9. The summed E-state index contributed by atoms with van der Waals surface area (Å²) in [6.45, 7) is 2.87. The second-order valence-corrected chi connectivity index (χ2v) is 5.17. The zero-order valence-corrected chi connectivity index (χ0v) is 12.6. The summed E-state index contributed by atoms with van der Waals surface area (Å²) < 4.78 is 6.32. The molecule has 1 N–H and O–H groups in total. The van der Waals surface area contributed by atoms with Gasteiger partial charge in [-0.2, -0.15) is 0 Å². The van der Waals surface area contributed by atoms with Gasteiger partial charge in [0.1, 0.15) is 5.75 Å². The van der Waals surface area contributed by atoms with E-state index in [0.717, 1.165) is 22.5 Å². The van der Waals surface area contributed by atoms with E-state index in [2.05, 4.69) is 33.2 Å². The molecule has 0 spiro atoms. The van der Waals surface area contributed by atoms with Crippen LogP contribution in [0.2, 0.25) is 0 Å². The minimum absolute atomic E-state index is 0.208. The van der Waals surface area contributed by atoms with Crippen LogP contribution in [0.25, 0.3) is 0 Å². The molecule has 0 aliphatic heterocycles. The van der Waals surface area contributed by atoms with Crippen LogP contribution in [0.4, 0.5) is 0 Å². The van der Waals surface area contributed by atoms with Crippen LogP contribution < -0.4 is 10.1 Å². The predicted octanol–water partition coefficient (Wildman–Crippen LogP) is 3.70. The summed E-state index contributed by atoms with van der Waals surface area (Å²) in [5, 5.41) is 3.46. The van der Waals surface area contributed by atoms with Gasteiger partial charge in [-0.05, 0) is 42.8 Å². The van der Waals surface area contributed by atoms with Crippen LogP contribution in [-0.2, 0) is 6.54 Å². The number of hydrogen-bond acceptors (Lipinski definition) is 3. The SMILES string of the molecule is COc1ccc(Br)c(CN[C@H](C)c2ccccn2)c1. The standard InChI is InChI=1S/C15H17BrN2O/c1-11(15-5-3-4-8-17-15)18-10-12-9-13(19-2)6-7-14(12)16/h3-9,11,18H,10H2,1-2H3/t11-/m1/s1. The molecule has 1 heterocycles. The first-order valence-electron chi connectivity index (χ1n) is 6.17. The van der Waals surface area contributed by atoms with Gasteiger partial charge in [-0.3, -0.25) is 4.98 Å². The van der Waals surface area contributed by atoms with E-state index in [1.807, 2.05) is 42.6 Å². The first-order valence-corrected chi connectivity index (χ1v) is 6.96.